The van der Waals surface area contributed by atoms with Crippen molar-refractivity contribution >= 4 is 0 Å². The van der Waals surface area contributed by atoms with Gasteiger partial charge >= 0.3 is 0 Å². The number of hydrogen-bond acceptors (Lipinski definition) is 3. The van der Waals surface area contributed by atoms with Gasteiger partial charge in [-0.2, -0.15) is 0 Å². The highest BCUT2D eigenvalue weighted by atomic mass is 16.5. The topological polar surface area (TPSA) is 15.7 Å². The van der Waals surface area contributed by atoms with Crippen LogP contribution in [0.15, 0.2) is 18.2 Å². The van der Waals surface area contributed by atoms with Crippen LogP contribution in [0.25, 0.3) is 0 Å². The van der Waals surface area contributed by atoms with Crippen molar-refractivity contribution in [1.29, 1.82) is 0 Å². The summed E-state index contributed by atoms with van der Waals surface area (Å²) in [6.45, 7) is 4.76. The maximum Gasteiger partial charge on any atom is 0.122 e. The van der Waals surface area contributed by atoms with Gasteiger partial charge in [0.2, 0.25) is 0 Å². The van der Waals surface area contributed by atoms with Gasteiger partial charge in [-0.3, -0.25) is 4.90 Å². The summed E-state index contributed by atoms with van der Waals surface area (Å²) in [6.07, 6.45) is 3.76. The van der Waals surface area contributed by atoms with Crippen molar-refractivity contribution in [3.8, 4) is 5.75 Å². The van der Waals surface area contributed by atoms with Crippen molar-refractivity contribution < 1.29 is 4.74 Å². The van der Waals surface area contributed by atoms with Crippen LogP contribution in [0.4, 0.5) is 0 Å². The number of rotatable bonds is 2. The maximum absolute atomic E-state index is 5.48. The van der Waals surface area contributed by atoms with Crippen LogP contribution in [0, 0.1) is 0 Å². The minimum atomic E-state index is 0.774. The highest BCUT2D eigenvalue weighted by Crippen LogP contribution is 2.30. The Kier molecular flexibility index (Phi) is 3.76. The summed E-state index contributed by atoms with van der Waals surface area (Å²) in [5, 5.41) is 0. The van der Waals surface area contributed by atoms with E-state index in [0.29, 0.717) is 0 Å². The molecule has 2 aliphatic rings. The lowest BCUT2D eigenvalue weighted by molar-refractivity contribution is 0.109. The summed E-state index contributed by atoms with van der Waals surface area (Å²) in [4.78, 5) is 5.12. The zero-order chi connectivity index (χ0) is 13.2. The SMILES string of the molecule is COc1cccc2c1CCN(C1CCN(C)CC1)C2. The van der Waals surface area contributed by atoms with Gasteiger partial charge in [0.1, 0.15) is 5.75 Å². The number of ether oxygens (including phenoxy) is 1. The molecule has 0 spiro atoms. The van der Waals surface area contributed by atoms with Crippen molar-refractivity contribution in [1.82, 2.24) is 9.80 Å². The Morgan fingerprint density at radius 3 is 2.68 bits per heavy atom. The van der Waals surface area contributed by atoms with Gasteiger partial charge in [0.05, 0.1) is 7.11 Å². The molecule has 3 rings (SSSR count). The predicted molar refractivity (Wildman–Crippen MR) is 77.6 cm³/mol. The second kappa shape index (κ2) is 5.51. The standard InChI is InChI=1S/C16H24N2O/c1-17-9-6-14(7-10-17)18-11-8-15-13(12-18)4-3-5-16(15)19-2/h3-5,14H,6-12H2,1-2H3. The van der Waals surface area contributed by atoms with Gasteiger partial charge in [-0.05, 0) is 56.6 Å². The van der Waals surface area contributed by atoms with Crippen LogP contribution in [0.2, 0.25) is 0 Å². The first kappa shape index (κ1) is 12.9. The van der Waals surface area contributed by atoms with Crippen molar-refractivity contribution in [2.75, 3.05) is 33.8 Å². The fraction of sp³-hybridized carbons (Fsp3) is 0.625. The van der Waals surface area contributed by atoms with Crippen LogP contribution in [0.5, 0.6) is 5.75 Å². The quantitative estimate of drug-likeness (QED) is 0.810. The monoisotopic (exact) mass is 260 g/mol. The highest BCUT2D eigenvalue weighted by molar-refractivity contribution is 5.41. The third-order valence-corrected chi connectivity index (χ3v) is 4.68. The Bertz CT molecular complexity index is 438. The van der Waals surface area contributed by atoms with E-state index in [4.69, 9.17) is 4.74 Å². The van der Waals surface area contributed by atoms with E-state index in [-0.39, 0.29) is 0 Å². The molecule has 0 radical (unpaired) electrons. The molecule has 0 bridgehead atoms. The molecule has 2 aliphatic heterocycles. The number of likely N-dealkylation sites (tertiary alicyclic amines) is 1. The van der Waals surface area contributed by atoms with Gasteiger partial charge in [0.25, 0.3) is 0 Å². The molecule has 1 aromatic carbocycles. The Labute approximate surface area is 116 Å². The normalized spacial score (nSPS) is 22.2. The van der Waals surface area contributed by atoms with E-state index >= 15 is 0 Å². The third-order valence-electron chi connectivity index (χ3n) is 4.68. The van der Waals surface area contributed by atoms with Gasteiger partial charge in [-0.1, -0.05) is 12.1 Å². The number of piperidine rings is 1. The summed E-state index contributed by atoms with van der Waals surface area (Å²) in [5.74, 6) is 1.07. The molecule has 0 saturated carbocycles. The van der Waals surface area contributed by atoms with E-state index in [2.05, 4.69) is 35.0 Å². The van der Waals surface area contributed by atoms with Crippen LogP contribution in [0.3, 0.4) is 0 Å². The lowest BCUT2D eigenvalue weighted by Crippen LogP contribution is -2.45. The molecule has 1 saturated heterocycles. The molecular formula is C16H24N2O. The second-order valence-corrected chi connectivity index (χ2v) is 5.85. The summed E-state index contributed by atoms with van der Waals surface area (Å²) in [5.41, 5.74) is 2.89. The van der Waals surface area contributed by atoms with Gasteiger partial charge in [-0.15, -0.1) is 0 Å². The van der Waals surface area contributed by atoms with Crippen molar-refractivity contribution in [3.63, 3.8) is 0 Å². The van der Waals surface area contributed by atoms with Gasteiger partial charge in [0, 0.05) is 19.1 Å². The molecular weight excluding hydrogens is 236 g/mol. The van der Waals surface area contributed by atoms with Gasteiger partial charge in [0.15, 0.2) is 0 Å². The van der Waals surface area contributed by atoms with E-state index in [0.717, 1.165) is 24.8 Å². The first-order valence-corrected chi connectivity index (χ1v) is 7.35. The molecule has 3 heteroatoms. The van der Waals surface area contributed by atoms with E-state index in [1.807, 2.05) is 0 Å². The molecule has 1 aromatic rings. The highest BCUT2D eigenvalue weighted by Gasteiger charge is 2.27. The maximum atomic E-state index is 5.48. The molecule has 0 atom stereocenters. The summed E-state index contributed by atoms with van der Waals surface area (Å²) in [6, 6.07) is 7.24. The fourth-order valence-corrected chi connectivity index (χ4v) is 3.46. The molecule has 0 aliphatic carbocycles. The average molecular weight is 260 g/mol. The smallest absolute Gasteiger partial charge is 0.122 e. The number of methoxy groups -OCH3 is 1. The minimum Gasteiger partial charge on any atom is -0.496 e. The van der Waals surface area contributed by atoms with Crippen LogP contribution < -0.4 is 4.74 Å². The average Bonchev–Trinajstić information content (AvgIpc) is 2.47. The van der Waals surface area contributed by atoms with E-state index in [9.17, 15) is 0 Å². The zero-order valence-corrected chi connectivity index (χ0v) is 12.1. The van der Waals surface area contributed by atoms with E-state index in [1.165, 1.54) is 43.6 Å². The van der Waals surface area contributed by atoms with Crippen LogP contribution >= 0.6 is 0 Å². The van der Waals surface area contributed by atoms with Gasteiger partial charge in [-0.25, -0.2) is 0 Å². The molecule has 104 valence electrons. The molecule has 1 fully saturated rings. The van der Waals surface area contributed by atoms with E-state index in [1.54, 1.807) is 7.11 Å². The predicted octanol–water partition coefficient (Wildman–Crippen LogP) is 2.15. The van der Waals surface area contributed by atoms with Crippen LogP contribution in [-0.2, 0) is 13.0 Å². The molecule has 19 heavy (non-hydrogen) atoms. The van der Waals surface area contributed by atoms with Gasteiger partial charge < -0.3 is 9.64 Å². The summed E-state index contributed by atoms with van der Waals surface area (Å²) < 4.78 is 5.48. The third kappa shape index (κ3) is 2.63. The van der Waals surface area contributed by atoms with Crippen molar-refractivity contribution in [3.05, 3.63) is 29.3 Å². The Hall–Kier alpha value is -1.06. The first-order valence-electron chi connectivity index (χ1n) is 7.35. The number of benzene rings is 1. The van der Waals surface area contributed by atoms with Crippen LogP contribution in [-0.4, -0.2) is 49.6 Å². The Morgan fingerprint density at radius 1 is 1.16 bits per heavy atom. The second-order valence-electron chi connectivity index (χ2n) is 5.85. The largest absolute Gasteiger partial charge is 0.496 e. The summed E-state index contributed by atoms with van der Waals surface area (Å²) >= 11 is 0. The molecule has 0 aromatic heterocycles. The number of hydrogen-bond donors (Lipinski definition) is 0. The number of fused-ring (bicyclic) bond motifs is 1. The van der Waals surface area contributed by atoms with Crippen molar-refractivity contribution in [2.45, 2.75) is 31.8 Å². The Morgan fingerprint density at radius 2 is 1.95 bits per heavy atom. The summed E-state index contributed by atoms with van der Waals surface area (Å²) in [7, 11) is 4.01. The van der Waals surface area contributed by atoms with E-state index < -0.39 is 0 Å². The zero-order valence-electron chi connectivity index (χ0n) is 12.1. The Balaban J connectivity index is 1.72. The molecule has 0 unspecified atom stereocenters. The lowest BCUT2D eigenvalue weighted by Gasteiger charge is -2.40. The fourth-order valence-electron chi connectivity index (χ4n) is 3.46. The van der Waals surface area contributed by atoms with Crippen LogP contribution in [0.1, 0.15) is 24.0 Å². The molecule has 0 amide bonds. The lowest BCUT2D eigenvalue weighted by atomic mass is 9.95. The number of nitrogens with zero attached hydrogens (tertiary/aromatic N) is 2. The molecule has 3 nitrogen and oxygen atoms in total. The first-order chi connectivity index (χ1) is 9.28. The minimum absolute atomic E-state index is 0.774. The van der Waals surface area contributed by atoms with Crippen molar-refractivity contribution in [2.24, 2.45) is 0 Å². The molecule has 2 heterocycles. The molecule has 0 N–H and O–H groups in total.